The Labute approximate surface area is 174 Å². The van der Waals surface area contributed by atoms with Crippen molar-refractivity contribution < 1.29 is 14.7 Å². The van der Waals surface area contributed by atoms with E-state index in [4.69, 9.17) is 12.2 Å². The van der Waals surface area contributed by atoms with Crippen LogP contribution in [0, 0.1) is 17.2 Å². The Bertz CT molecular complexity index is 865. The summed E-state index contributed by atoms with van der Waals surface area (Å²) in [6.07, 6.45) is 0. The van der Waals surface area contributed by atoms with Crippen molar-refractivity contribution in [2.45, 2.75) is 55.3 Å². The average Bonchev–Trinajstić information content (AvgIpc) is 2.89. The number of hydrogen-bond acceptors (Lipinski definition) is 5. The molecule has 1 unspecified atom stereocenters. The number of benzene rings is 1. The molecule has 2 N–H and O–H groups in total. The van der Waals surface area contributed by atoms with Crippen LogP contribution in [0.25, 0.3) is 0 Å². The van der Waals surface area contributed by atoms with Crippen molar-refractivity contribution in [3.8, 4) is 6.07 Å². The molecule has 148 valence electrons. The monoisotopic (exact) mass is 417 g/mol. The van der Waals surface area contributed by atoms with Gasteiger partial charge in [-0.15, -0.1) is 11.8 Å². The maximum atomic E-state index is 13.0. The van der Waals surface area contributed by atoms with Gasteiger partial charge in [0.05, 0.1) is 4.99 Å². The smallest absolute Gasteiger partial charge is 0.327 e. The fourth-order valence-corrected chi connectivity index (χ4v) is 6.29. The van der Waals surface area contributed by atoms with Crippen molar-refractivity contribution >= 4 is 40.8 Å². The topological polar surface area (TPSA) is 93.4 Å². The minimum Gasteiger partial charge on any atom is -0.480 e. The summed E-state index contributed by atoms with van der Waals surface area (Å²) in [6, 6.07) is 10.9. The third-order valence-corrected chi connectivity index (χ3v) is 7.38. The molecule has 0 spiro atoms. The third kappa shape index (κ3) is 2.97. The Morgan fingerprint density at radius 3 is 2.46 bits per heavy atom. The second-order valence-corrected chi connectivity index (χ2v) is 10.2. The number of carboxylic acid groups (broad SMARTS) is 1. The van der Waals surface area contributed by atoms with E-state index in [-0.39, 0.29) is 11.8 Å². The van der Waals surface area contributed by atoms with Crippen LogP contribution in [0.1, 0.15) is 39.2 Å². The predicted octanol–water partition coefficient (Wildman–Crippen LogP) is 2.75. The number of thiocarbonyl (C=S) groups is 1. The fraction of sp³-hybridized carbons (Fsp3) is 0.500. The van der Waals surface area contributed by atoms with Crippen LogP contribution >= 0.6 is 24.0 Å². The molecule has 0 aromatic heterocycles. The molecule has 6 nitrogen and oxygen atoms in total. The summed E-state index contributed by atoms with van der Waals surface area (Å²) in [4.78, 5) is 26.4. The molecule has 2 heterocycles. The van der Waals surface area contributed by atoms with Gasteiger partial charge < -0.3 is 15.3 Å². The summed E-state index contributed by atoms with van der Waals surface area (Å²) in [5, 5.41) is 21.9. The number of rotatable bonds is 5. The highest BCUT2D eigenvalue weighted by atomic mass is 32.2. The van der Waals surface area contributed by atoms with Gasteiger partial charge in [0.1, 0.15) is 17.5 Å². The Morgan fingerprint density at radius 1 is 1.36 bits per heavy atom. The summed E-state index contributed by atoms with van der Waals surface area (Å²) < 4.78 is -0.703. The number of β-lactam (4-membered cyclic amide) rings is 1. The number of carboxylic acids is 1. The van der Waals surface area contributed by atoms with Gasteiger partial charge in [0.2, 0.25) is 5.54 Å². The van der Waals surface area contributed by atoms with E-state index >= 15 is 0 Å². The number of carbonyl (C=O) groups is 2. The van der Waals surface area contributed by atoms with Crippen molar-refractivity contribution in [3.05, 3.63) is 35.9 Å². The number of nitriles is 1. The van der Waals surface area contributed by atoms with Gasteiger partial charge in [0.15, 0.2) is 0 Å². The summed E-state index contributed by atoms with van der Waals surface area (Å²) in [5.41, 5.74) is -0.528. The van der Waals surface area contributed by atoms with Gasteiger partial charge in [-0.05, 0) is 25.3 Å². The zero-order chi connectivity index (χ0) is 20.9. The third-order valence-electron chi connectivity index (χ3n) is 5.39. The van der Waals surface area contributed by atoms with Crippen molar-refractivity contribution in [2.24, 2.45) is 5.92 Å². The van der Waals surface area contributed by atoms with Crippen LogP contribution in [0.3, 0.4) is 0 Å². The summed E-state index contributed by atoms with van der Waals surface area (Å²) >= 11 is 6.97. The normalized spacial score (nSPS) is 28.9. The first kappa shape index (κ1) is 20.6. The fourth-order valence-electron chi connectivity index (χ4n) is 4.08. The van der Waals surface area contributed by atoms with E-state index in [0.29, 0.717) is 4.99 Å². The largest absolute Gasteiger partial charge is 0.480 e. The van der Waals surface area contributed by atoms with Gasteiger partial charge >= 0.3 is 5.97 Å². The van der Waals surface area contributed by atoms with E-state index in [1.807, 2.05) is 44.2 Å². The van der Waals surface area contributed by atoms with E-state index in [1.165, 1.54) is 16.7 Å². The van der Waals surface area contributed by atoms with E-state index in [9.17, 15) is 20.0 Å². The second-order valence-electron chi connectivity index (χ2n) is 8.07. The molecule has 0 aliphatic carbocycles. The number of carbonyl (C=O) groups excluding carboxylic acids is 1. The summed E-state index contributed by atoms with van der Waals surface area (Å²) in [7, 11) is 0. The molecule has 2 fully saturated rings. The lowest BCUT2D eigenvalue weighted by atomic mass is 9.83. The van der Waals surface area contributed by atoms with Crippen LogP contribution in [-0.2, 0) is 9.59 Å². The van der Waals surface area contributed by atoms with Crippen molar-refractivity contribution in [1.82, 2.24) is 10.2 Å². The van der Waals surface area contributed by atoms with Gasteiger partial charge in [-0.3, -0.25) is 4.79 Å². The van der Waals surface area contributed by atoms with Crippen LogP contribution in [0.2, 0.25) is 0 Å². The molecule has 2 aliphatic heterocycles. The molecule has 2 aliphatic rings. The van der Waals surface area contributed by atoms with Gasteiger partial charge in [-0.25, -0.2) is 4.79 Å². The first-order valence-electron chi connectivity index (χ1n) is 9.08. The Hall–Kier alpha value is -2.11. The van der Waals surface area contributed by atoms with Gasteiger partial charge in [0, 0.05) is 10.7 Å². The molecule has 0 saturated carbocycles. The van der Waals surface area contributed by atoms with Gasteiger partial charge in [-0.1, -0.05) is 56.4 Å². The second kappa shape index (κ2) is 7.05. The number of aliphatic carboxylic acids is 1. The molecule has 4 atom stereocenters. The van der Waals surface area contributed by atoms with Gasteiger partial charge in [0.25, 0.3) is 5.91 Å². The Morgan fingerprint density at radius 2 is 1.96 bits per heavy atom. The molecule has 28 heavy (non-hydrogen) atoms. The molecule has 0 radical (unpaired) electrons. The SMILES string of the molecule is CC(C)C(C(=S)N[C@@]1(C#N)C(=O)N2[C@@H](C(=O)O)C(C)(C)S[C@@H]21)c1ccccc1. The highest BCUT2D eigenvalue weighted by molar-refractivity contribution is 8.01. The molecule has 3 rings (SSSR count). The standard InChI is InChI=1S/C20H23N3O3S2/c1-11(2)13(12-8-6-5-7-9-12)15(27)22-20(10-21)17(26)23-14(16(24)25)19(3,4)28-18(20)23/h5-9,11,13-14,18H,1-4H3,(H,22,27)(H,24,25)/t13?,14-,18+,20-/m0/s1. The van der Waals surface area contributed by atoms with Crippen LogP contribution in [0.15, 0.2) is 30.3 Å². The Balaban J connectivity index is 1.91. The zero-order valence-corrected chi connectivity index (χ0v) is 17.8. The number of hydrogen-bond donors (Lipinski definition) is 2. The molecular formula is C20H23N3O3S2. The zero-order valence-electron chi connectivity index (χ0n) is 16.2. The molecule has 1 amide bonds. The average molecular weight is 418 g/mol. The van der Waals surface area contributed by atoms with Crippen LogP contribution < -0.4 is 5.32 Å². The minimum absolute atomic E-state index is 0.155. The molecular weight excluding hydrogens is 394 g/mol. The number of thioether (sulfide) groups is 1. The van der Waals surface area contributed by atoms with Gasteiger partial charge in [-0.2, -0.15) is 5.26 Å². The molecule has 0 bridgehead atoms. The van der Waals surface area contributed by atoms with Crippen LogP contribution in [0.4, 0.5) is 0 Å². The first-order chi connectivity index (χ1) is 13.1. The van der Waals surface area contributed by atoms with Crippen molar-refractivity contribution in [2.75, 3.05) is 0 Å². The van der Waals surface area contributed by atoms with Crippen molar-refractivity contribution in [3.63, 3.8) is 0 Å². The lowest BCUT2D eigenvalue weighted by Gasteiger charge is -2.50. The number of amides is 1. The van der Waals surface area contributed by atoms with E-state index in [2.05, 4.69) is 11.4 Å². The maximum absolute atomic E-state index is 13.0. The van der Waals surface area contributed by atoms with Crippen LogP contribution in [-0.4, -0.2) is 48.6 Å². The van der Waals surface area contributed by atoms with Crippen molar-refractivity contribution in [1.29, 1.82) is 5.26 Å². The lowest BCUT2D eigenvalue weighted by Crippen LogP contribution is -2.79. The Kier molecular flexibility index (Phi) is 5.19. The quantitative estimate of drug-likeness (QED) is 0.562. The lowest BCUT2D eigenvalue weighted by molar-refractivity contribution is -0.163. The minimum atomic E-state index is -1.54. The highest BCUT2D eigenvalue weighted by Crippen LogP contribution is 2.54. The first-order valence-corrected chi connectivity index (χ1v) is 10.4. The van der Waals surface area contributed by atoms with Crippen LogP contribution in [0.5, 0.6) is 0 Å². The molecule has 2 saturated heterocycles. The predicted molar refractivity (Wildman–Crippen MR) is 112 cm³/mol. The number of nitrogens with zero attached hydrogens (tertiary/aromatic N) is 2. The summed E-state index contributed by atoms with van der Waals surface area (Å²) in [6.45, 7) is 7.63. The molecule has 1 aromatic rings. The summed E-state index contributed by atoms with van der Waals surface area (Å²) in [5.74, 6) is -1.59. The molecule has 8 heteroatoms. The van der Waals surface area contributed by atoms with E-state index in [1.54, 1.807) is 13.8 Å². The maximum Gasteiger partial charge on any atom is 0.327 e. The molecule has 1 aromatic carbocycles. The van der Waals surface area contributed by atoms with E-state index in [0.717, 1.165) is 5.56 Å². The number of nitrogens with one attached hydrogen (secondary N) is 1. The number of fused-ring (bicyclic) bond motifs is 1. The highest BCUT2D eigenvalue weighted by Gasteiger charge is 2.72. The van der Waals surface area contributed by atoms with E-state index < -0.39 is 33.6 Å².